The topological polar surface area (TPSA) is 62.3 Å². The fraction of sp³-hybridized carbons (Fsp3) is 0.500. The van der Waals surface area contributed by atoms with Crippen molar-refractivity contribution >= 4 is 18.0 Å². The van der Waals surface area contributed by atoms with Crippen molar-refractivity contribution in [1.82, 2.24) is 10.3 Å². The SMILES string of the molecule is CNC(=O)C1CCN(c2ncc(C=O)cc2C)CC1. The van der Waals surface area contributed by atoms with Gasteiger partial charge in [0.1, 0.15) is 5.82 Å². The number of aromatic nitrogens is 1. The zero-order valence-electron chi connectivity index (χ0n) is 11.3. The van der Waals surface area contributed by atoms with Gasteiger partial charge < -0.3 is 10.2 Å². The molecule has 2 rings (SSSR count). The number of hydrogen-bond acceptors (Lipinski definition) is 4. The van der Waals surface area contributed by atoms with Crippen LogP contribution in [0.4, 0.5) is 5.82 Å². The molecule has 1 aromatic rings. The molecule has 1 aromatic heterocycles. The molecule has 5 nitrogen and oxygen atoms in total. The van der Waals surface area contributed by atoms with Gasteiger partial charge in [-0.3, -0.25) is 9.59 Å². The quantitative estimate of drug-likeness (QED) is 0.830. The van der Waals surface area contributed by atoms with Crippen molar-refractivity contribution in [3.8, 4) is 0 Å². The average molecular weight is 261 g/mol. The fourth-order valence-corrected chi connectivity index (χ4v) is 2.54. The lowest BCUT2D eigenvalue weighted by molar-refractivity contribution is -0.125. The summed E-state index contributed by atoms with van der Waals surface area (Å²) in [6.45, 7) is 3.61. The second-order valence-corrected chi connectivity index (χ2v) is 4.90. The zero-order chi connectivity index (χ0) is 13.8. The lowest BCUT2D eigenvalue weighted by Gasteiger charge is -2.32. The van der Waals surface area contributed by atoms with Crippen LogP contribution in [0.2, 0.25) is 0 Å². The van der Waals surface area contributed by atoms with Crippen molar-refractivity contribution in [2.45, 2.75) is 19.8 Å². The first kappa shape index (κ1) is 13.5. The van der Waals surface area contributed by atoms with Gasteiger partial charge in [-0.05, 0) is 31.4 Å². The van der Waals surface area contributed by atoms with Crippen LogP contribution in [0.25, 0.3) is 0 Å². The van der Waals surface area contributed by atoms with Crippen LogP contribution < -0.4 is 10.2 Å². The van der Waals surface area contributed by atoms with Crippen molar-refractivity contribution in [3.05, 3.63) is 23.4 Å². The molecule has 1 aliphatic rings. The summed E-state index contributed by atoms with van der Waals surface area (Å²) >= 11 is 0. The van der Waals surface area contributed by atoms with E-state index in [-0.39, 0.29) is 11.8 Å². The number of carbonyl (C=O) groups excluding carboxylic acids is 2. The first-order valence-corrected chi connectivity index (χ1v) is 6.54. The number of carbonyl (C=O) groups is 2. The Labute approximate surface area is 113 Å². The Bertz CT molecular complexity index is 480. The maximum Gasteiger partial charge on any atom is 0.222 e. The number of anilines is 1. The summed E-state index contributed by atoms with van der Waals surface area (Å²) in [5.41, 5.74) is 1.60. The molecule has 1 amide bonds. The first-order chi connectivity index (χ1) is 9.15. The number of amides is 1. The van der Waals surface area contributed by atoms with E-state index in [1.165, 1.54) is 0 Å². The van der Waals surface area contributed by atoms with E-state index in [4.69, 9.17) is 0 Å². The van der Waals surface area contributed by atoms with E-state index < -0.39 is 0 Å². The molecule has 0 bridgehead atoms. The van der Waals surface area contributed by atoms with Gasteiger partial charge in [-0.25, -0.2) is 4.98 Å². The van der Waals surface area contributed by atoms with Gasteiger partial charge in [-0.1, -0.05) is 0 Å². The number of piperidine rings is 1. The lowest BCUT2D eigenvalue weighted by atomic mass is 9.95. The minimum absolute atomic E-state index is 0.107. The highest BCUT2D eigenvalue weighted by Gasteiger charge is 2.25. The summed E-state index contributed by atoms with van der Waals surface area (Å²) in [7, 11) is 1.68. The minimum Gasteiger partial charge on any atom is -0.359 e. The van der Waals surface area contributed by atoms with Crippen LogP contribution in [-0.2, 0) is 4.79 Å². The molecule has 0 spiro atoms. The number of hydrogen-bond donors (Lipinski definition) is 1. The van der Waals surface area contributed by atoms with Gasteiger partial charge in [-0.15, -0.1) is 0 Å². The highest BCUT2D eigenvalue weighted by Crippen LogP contribution is 2.24. The number of aryl methyl sites for hydroxylation is 1. The number of nitrogens with one attached hydrogen (secondary N) is 1. The first-order valence-electron chi connectivity index (χ1n) is 6.54. The Morgan fingerprint density at radius 3 is 2.68 bits per heavy atom. The van der Waals surface area contributed by atoms with Crippen LogP contribution in [0, 0.1) is 12.8 Å². The normalized spacial score (nSPS) is 16.2. The molecule has 0 atom stereocenters. The standard InChI is InChI=1S/C14H19N3O2/c1-10-7-11(9-18)8-16-13(10)17-5-3-12(4-6-17)14(19)15-2/h7-9,12H,3-6H2,1-2H3,(H,15,19). The molecule has 1 N–H and O–H groups in total. The maximum atomic E-state index is 11.6. The van der Waals surface area contributed by atoms with Crippen LogP contribution >= 0.6 is 0 Å². The molecule has 0 aliphatic carbocycles. The molecule has 19 heavy (non-hydrogen) atoms. The molecule has 1 saturated heterocycles. The smallest absolute Gasteiger partial charge is 0.222 e. The number of rotatable bonds is 3. The second-order valence-electron chi connectivity index (χ2n) is 4.90. The molecule has 102 valence electrons. The molecule has 0 aromatic carbocycles. The van der Waals surface area contributed by atoms with E-state index in [9.17, 15) is 9.59 Å². The van der Waals surface area contributed by atoms with Gasteiger partial charge in [0.25, 0.3) is 0 Å². The van der Waals surface area contributed by atoms with Crippen LogP contribution in [-0.4, -0.2) is 37.3 Å². The molecule has 1 fully saturated rings. The van der Waals surface area contributed by atoms with Crippen LogP contribution in [0.3, 0.4) is 0 Å². The third kappa shape index (κ3) is 2.92. The third-order valence-corrected chi connectivity index (χ3v) is 3.62. The molecular weight excluding hydrogens is 242 g/mol. The average Bonchev–Trinajstić information content (AvgIpc) is 2.46. The number of aldehydes is 1. The van der Waals surface area contributed by atoms with E-state index in [1.807, 2.05) is 13.0 Å². The predicted molar refractivity (Wildman–Crippen MR) is 73.4 cm³/mol. The Hall–Kier alpha value is -1.91. The van der Waals surface area contributed by atoms with Crippen molar-refractivity contribution in [2.24, 2.45) is 5.92 Å². The molecule has 0 saturated carbocycles. The largest absolute Gasteiger partial charge is 0.359 e. The van der Waals surface area contributed by atoms with Gasteiger partial charge in [0.15, 0.2) is 6.29 Å². The van der Waals surface area contributed by atoms with Crippen molar-refractivity contribution in [3.63, 3.8) is 0 Å². The van der Waals surface area contributed by atoms with Gasteiger partial charge in [0.2, 0.25) is 5.91 Å². The molecule has 2 heterocycles. The highest BCUT2D eigenvalue weighted by molar-refractivity contribution is 5.78. The summed E-state index contributed by atoms with van der Waals surface area (Å²) in [5, 5.41) is 2.70. The highest BCUT2D eigenvalue weighted by atomic mass is 16.1. The van der Waals surface area contributed by atoms with E-state index in [0.717, 1.165) is 43.6 Å². The second kappa shape index (κ2) is 5.82. The summed E-state index contributed by atoms with van der Waals surface area (Å²) in [6.07, 6.45) is 4.09. The van der Waals surface area contributed by atoms with Gasteiger partial charge in [0.05, 0.1) is 0 Å². The van der Waals surface area contributed by atoms with Gasteiger partial charge >= 0.3 is 0 Å². The summed E-state index contributed by atoms with van der Waals surface area (Å²) in [5.74, 6) is 1.15. The molecule has 0 radical (unpaired) electrons. The maximum absolute atomic E-state index is 11.6. The van der Waals surface area contributed by atoms with Crippen molar-refractivity contribution < 1.29 is 9.59 Å². The molecular formula is C14H19N3O2. The molecule has 1 aliphatic heterocycles. The van der Waals surface area contributed by atoms with E-state index >= 15 is 0 Å². The third-order valence-electron chi connectivity index (χ3n) is 3.62. The lowest BCUT2D eigenvalue weighted by Crippen LogP contribution is -2.40. The molecule has 0 unspecified atom stereocenters. The van der Waals surface area contributed by atoms with Crippen LogP contribution in [0.5, 0.6) is 0 Å². The van der Waals surface area contributed by atoms with Crippen LogP contribution in [0.15, 0.2) is 12.3 Å². The molecule has 5 heteroatoms. The Morgan fingerprint density at radius 2 is 2.16 bits per heavy atom. The summed E-state index contributed by atoms with van der Waals surface area (Å²) in [4.78, 5) is 28.8. The predicted octanol–water partition coefficient (Wildman–Crippen LogP) is 1.16. The number of pyridine rings is 1. The van der Waals surface area contributed by atoms with Crippen LogP contribution in [0.1, 0.15) is 28.8 Å². The van der Waals surface area contributed by atoms with E-state index in [2.05, 4.69) is 15.2 Å². The Kier molecular flexibility index (Phi) is 4.14. The van der Waals surface area contributed by atoms with E-state index in [0.29, 0.717) is 5.56 Å². The van der Waals surface area contributed by atoms with Crippen molar-refractivity contribution in [1.29, 1.82) is 0 Å². The van der Waals surface area contributed by atoms with E-state index in [1.54, 1.807) is 13.2 Å². The monoisotopic (exact) mass is 261 g/mol. The number of nitrogens with zero attached hydrogens (tertiary/aromatic N) is 2. The zero-order valence-corrected chi connectivity index (χ0v) is 11.3. The summed E-state index contributed by atoms with van der Waals surface area (Å²) in [6, 6.07) is 1.85. The van der Waals surface area contributed by atoms with Gasteiger partial charge in [0, 0.05) is 37.8 Å². The van der Waals surface area contributed by atoms with Crippen molar-refractivity contribution in [2.75, 3.05) is 25.0 Å². The Balaban J connectivity index is 2.05. The van der Waals surface area contributed by atoms with Gasteiger partial charge in [-0.2, -0.15) is 0 Å². The fourth-order valence-electron chi connectivity index (χ4n) is 2.54. The minimum atomic E-state index is 0.107. The summed E-state index contributed by atoms with van der Waals surface area (Å²) < 4.78 is 0. The Morgan fingerprint density at radius 1 is 1.47 bits per heavy atom.